The molecule has 0 fully saturated rings. The third kappa shape index (κ3) is 3.80. The first-order valence-corrected chi connectivity index (χ1v) is 8.91. The van der Waals surface area contributed by atoms with Crippen LogP contribution in [-0.4, -0.2) is 35.6 Å². The van der Waals surface area contributed by atoms with E-state index in [4.69, 9.17) is 4.52 Å². The minimum absolute atomic E-state index is 0.0798. The van der Waals surface area contributed by atoms with Crippen LogP contribution in [0.2, 0.25) is 0 Å². The molecule has 7 heteroatoms. The van der Waals surface area contributed by atoms with E-state index in [0.29, 0.717) is 12.1 Å². The van der Waals surface area contributed by atoms with Crippen molar-refractivity contribution in [1.29, 1.82) is 0 Å². The molecule has 1 atom stereocenters. The fourth-order valence-corrected chi connectivity index (χ4v) is 4.48. The molecule has 23 heavy (non-hydrogen) atoms. The van der Waals surface area contributed by atoms with E-state index < -0.39 is 10.0 Å². The maximum Gasteiger partial charge on any atom is 0.249 e. The van der Waals surface area contributed by atoms with E-state index in [9.17, 15) is 13.5 Å². The number of hydrogen-bond acceptors (Lipinski definition) is 5. The highest BCUT2D eigenvalue weighted by Gasteiger charge is 2.33. The van der Waals surface area contributed by atoms with Gasteiger partial charge in [-0.25, -0.2) is 8.42 Å². The molecule has 2 aromatic rings. The van der Waals surface area contributed by atoms with Gasteiger partial charge in [0.2, 0.25) is 10.0 Å². The molecule has 6 nitrogen and oxygen atoms in total. The number of sulfonamides is 1. The first-order chi connectivity index (χ1) is 10.9. The molecule has 0 aliphatic carbocycles. The van der Waals surface area contributed by atoms with Crippen molar-refractivity contribution in [1.82, 2.24) is 9.46 Å². The van der Waals surface area contributed by atoms with Crippen LogP contribution in [0.4, 0.5) is 0 Å². The van der Waals surface area contributed by atoms with Gasteiger partial charge in [-0.05, 0) is 32.8 Å². The molecule has 126 valence electrons. The largest absolute Gasteiger partial charge is 0.396 e. The summed E-state index contributed by atoms with van der Waals surface area (Å²) in [7, 11) is -3.77. The summed E-state index contributed by atoms with van der Waals surface area (Å²) >= 11 is 0. The van der Waals surface area contributed by atoms with Crippen LogP contribution in [0.3, 0.4) is 0 Å². The van der Waals surface area contributed by atoms with Crippen LogP contribution in [0, 0.1) is 13.8 Å². The summed E-state index contributed by atoms with van der Waals surface area (Å²) < 4.78 is 32.6. The standard InChI is InChI=1S/C16H22N2O4S/c1-12(9-10-19)18(11-15-7-5-4-6-8-15)23(20,21)16-13(2)17-22-14(16)3/h4-8,12,19H,9-11H2,1-3H3. The Labute approximate surface area is 136 Å². The van der Waals surface area contributed by atoms with Crippen molar-refractivity contribution >= 4 is 10.0 Å². The van der Waals surface area contributed by atoms with Crippen molar-refractivity contribution in [3.05, 3.63) is 47.3 Å². The average Bonchev–Trinajstić information content (AvgIpc) is 2.85. The lowest BCUT2D eigenvalue weighted by Crippen LogP contribution is -2.39. The highest BCUT2D eigenvalue weighted by molar-refractivity contribution is 7.89. The summed E-state index contributed by atoms with van der Waals surface area (Å²) in [6.07, 6.45) is 0.357. The number of aromatic nitrogens is 1. The first-order valence-electron chi connectivity index (χ1n) is 7.47. The van der Waals surface area contributed by atoms with Gasteiger partial charge in [0.15, 0.2) is 5.76 Å². The quantitative estimate of drug-likeness (QED) is 0.837. The Morgan fingerprint density at radius 1 is 1.26 bits per heavy atom. The van der Waals surface area contributed by atoms with Gasteiger partial charge in [-0.3, -0.25) is 0 Å². The van der Waals surface area contributed by atoms with E-state index in [2.05, 4.69) is 5.16 Å². The normalized spacial score (nSPS) is 13.4. The summed E-state index contributed by atoms with van der Waals surface area (Å²) in [6, 6.07) is 9.02. The Hall–Kier alpha value is -1.70. The zero-order chi connectivity index (χ0) is 17.0. The highest BCUT2D eigenvalue weighted by atomic mass is 32.2. The summed E-state index contributed by atoms with van der Waals surface area (Å²) in [6.45, 7) is 5.14. The van der Waals surface area contributed by atoms with Gasteiger partial charge in [-0.1, -0.05) is 35.5 Å². The summed E-state index contributed by atoms with van der Waals surface area (Å²) in [4.78, 5) is 0.109. The fraction of sp³-hybridized carbons (Fsp3) is 0.438. The molecule has 0 amide bonds. The molecule has 2 rings (SSSR count). The van der Waals surface area contributed by atoms with E-state index in [-0.39, 0.29) is 29.8 Å². The number of nitrogens with zero attached hydrogens (tertiary/aromatic N) is 2. The molecule has 0 aliphatic heterocycles. The Morgan fingerprint density at radius 3 is 2.43 bits per heavy atom. The lowest BCUT2D eigenvalue weighted by Gasteiger charge is -2.28. The Morgan fingerprint density at radius 2 is 1.91 bits per heavy atom. The maximum absolute atomic E-state index is 13.1. The molecule has 0 saturated carbocycles. The lowest BCUT2D eigenvalue weighted by atomic mass is 10.2. The van der Waals surface area contributed by atoms with E-state index >= 15 is 0 Å². The van der Waals surface area contributed by atoms with Crippen LogP contribution >= 0.6 is 0 Å². The zero-order valence-electron chi connectivity index (χ0n) is 13.6. The maximum atomic E-state index is 13.1. The van der Waals surface area contributed by atoms with Gasteiger partial charge in [-0.15, -0.1) is 0 Å². The van der Waals surface area contributed by atoms with Crippen LogP contribution in [-0.2, 0) is 16.6 Å². The minimum atomic E-state index is -3.77. The smallest absolute Gasteiger partial charge is 0.249 e. The molecular weight excluding hydrogens is 316 g/mol. The van der Waals surface area contributed by atoms with Gasteiger partial charge < -0.3 is 9.63 Å². The van der Waals surface area contributed by atoms with Crippen LogP contribution in [0.1, 0.15) is 30.4 Å². The van der Waals surface area contributed by atoms with Crippen molar-refractivity contribution < 1.29 is 18.0 Å². The third-order valence-electron chi connectivity index (χ3n) is 3.75. The van der Waals surface area contributed by atoms with E-state index in [1.807, 2.05) is 30.3 Å². The molecule has 1 heterocycles. The lowest BCUT2D eigenvalue weighted by molar-refractivity contribution is 0.230. The Kier molecular flexibility index (Phi) is 5.56. The van der Waals surface area contributed by atoms with Crippen LogP contribution in [0.15, 0.2) is 39.8 Å². The second-order valence-corrected chi connectivity index (χ2v) is 7.38. The summed E-state index contributed by atoms with van der Waals surface area (Å²) in [5.41, 5.74) is 1.23. The molecule has 0 bridgehead atoms. The molecular formula is C16H22N2O4S. The van der Waals surface area contributed by atoms with Crippen molar-refractivity contribution in [2.24, 2.45) is 0 Å². The van der Waals surface area contributed by atoms with Crippen molar-refractivity contribution in [2.75, 3.05) is 6.61 Å². The van der Waals surface area contributed by atoms with Gasteiger partial charge in [0, 0.05) is 19.2 Å². The predicted molar refractivity (Wildman–Crippen MR) is 86.3 cm³/mol. The Bertz CT molecular complexity index is 721. The number of aliphatic hydroxyl groups is 1. The van der Waals surface area contributed by atoms with Gasteiger partial charge in [-0.2, -0.15) is 4.31 Å². The number of hydrogen-bond donors (Lipinski definition) is 1. The zero-order valence-corrected chi connectivity index (χ0v) is 14.4. The van der Waals surface area contributed by atoms with E-state index in [0.717, 1.165) is 5.56 Å². The van der Waals surface area contributed by atoms with Crippen LogP contribution < -0.4 is 0 Å². The van der Waals surface area contributed by atoms with Crippen molar-refractivity contribution in [3.63, 3.8) is 0 Å². The molecule has 0 spiro atoms. The summed E-state index contributed by atoms with van der Waals surface area (Å²) in [5.74, 6) is 0.275. The number of rotatable bonds is 7. The van der Waals surface area contributed by atoms with Crippen LogP contribution in [0.5, 0.6) is 0 Å². The first kappa shape index (κ1) is 17.7. The van der Waals surface area contributed by atoms with E-state index in [1.54, 1.807) is 20.8 Å². The fourth-order valence-electron chi connectivity index (χ4n) is 2.53. The molecule has 0 saturated heterocycles. The average molecular weight is 338 g/mol. The topological polar surface area (TPSA) is 83.6 Å². The number of aryl methyl sites for hydroxylation is 2. The second kappa shape index (κ2) is 7.25. The monoisotopic (exact) mass is 338 g/mol. The SMILES string of the molecule is Cc1noc(C)c1S(=O)(=O)N(Cc1ccccc1)C(C)CCO. The highest BCUT2D eigenvalue weighted by Crippen LogP contribution is 2.27. The summed E-state index contributed by atoms with van der Waals surface area (Å²) in [5, 5.41) is 13.0. The van der Waals surface area contributed by atoms with Crippen molar-refractivity contribution in [2.45, 2.75) is 44.7 Å². The Balaban J connectivity index is 2.44. The third-order valence-corrected chi connectivity index (χ3v) is 5.96. The number of aliphatic hydroxyl groups excluding tert-OH is 1. The van der Waals surface area contributed by atoms with Gasteiger partial charge in [0.25, 0.3) is 0 Å². The second-order valence-electron chi connectivity index (χ2n) is 5.55. The molecule has 0 radical (unpaired) electrons. The molecule has 1 N–H and O–H groups in total. The number of benzene rings is 1. The molecule has 1 aromatic heterocycles. The molecule has 1 unspecified atom stereocenters. The van der Waals surface area contributed by atoms with E-state index in [1.165, 1.54) is 4.31 Å². The van der Waals surface area contributed by atoms with Crippen molar-refractivity contribution in [3.8, 4) is 0 Å². The van der Waals surface area contributed by atoms with Gasteiger partial charge in [0.1, 0.15) is 10.6 Å². The molecule has 0 aliphatic rings. The predicted octanol–water partition coefficient (Wildman–Crippen LogP) is 2.25. The van der Waals surface area contributed by atoms with Gasteiger partial charge in [0.05, 0.1) is 0 Å². The minimum Gasteiger partial charge on any atom is -0.396 e. The van der Waals surface area contributed by atoms with Gasteiger partial charge >= 0.3 is 0 Å². The van der Waals surface area contributed by atoms with Crippen LogP contribution in [0.25, 0.3) is 0 Å². The molecule has 1 aromatic carbocycles.